The predicted octanol–water partition coefficient (Wildman–Crippen LogP) is 2.18. The SMILES string of the molecule is CCOC.COc1cc(C)c(S(=O)N2CCCC2)c(C)c1.O=CN1CCN(CCN2CCOCC2)CC1. The predicted molar refractivity (Wildman–Crippen MR) is 149 cm³/mol. The van der Waals surface area contributed by atoms with Gasteiger partial charge in [-0.3, -0.25) is 14.6 Å². The molecule has 3 saturated heterocycles. The van der Waals surface area contributed by atoms with Crippen LogP contribution in [0.25, 0.3) is 0 Å². The Labute approximate surface area is 226 Å². The second-order valence-corrected chi connectivity index (χ2v) is 10.9. The molecule has 0 bridgehead atoms. The standard InChI is InChI=1S/C13H19NO2S.C11H21N3O2.C3H8O/c1-10-8-12(16-3)9-11(2)13(10)17(15)14-6-4-5-7-14;15-11-14-5-3-12(4-6-14)1-2-13-7-9-16-10-8-13;1-3-4-2/h8-9H,4-7H2,1-3H3;11H,1-10H2;3H2,1-2H3. The summed E-state index contributed by atoms with van der Waals surface area (Å²) in [4.78, 5) is 18.3. The van der Waals surface area contributed by atoms with Gasteiger partial charge in [-0.15, -0.1) is 0 Å². The number of aryl methyl sites for hydroxylation is 2. The molecule has 37 heavy (non-hydrogen) atoms. The number of nitrogens with zero attached hydrogens (tertiary/aromatic N) is 4. The average Bonchev–Trinajstić information content (AvgIpc) is 3.48. The molecule has 1 unspecified atom stereocenters. The molecule has 1 amide bonds. The smallest absolute Gasteiger partial charge is 0.209 e. The summed E-state index contributed by atoms with van der Waals surface area (Å²) < 4.78 is 29.6. The molecule has 0 aliphatic carbocycles. The number of piperazine rings is 1. The van der Waals surface area contributed by atoms with Gasteiger partial charge in [0.25, 0.3) is 0 Å². The van der Waals surface area contributed by atoms with Crippen LogP contribution in [-0.2, 0) is 25.3 Å². The quantitative estimate of drug-likeness (QED) is 0.468. The highest BCUT2D eigenvalue weighted by Gasteiger charge is 2.22. The van der Waals surface area contributed by atoms with Crippen LogP contribution in [0.3, 0.4) is 0 Å². The van der Waals surface area contributed by atoms with Gasteiger partial charge in [0.15, 0.2) is 0 Å². The molecule has 0 N–H and O–H groups in total. The lowest BCUT2D eigenvalue weighted by molar-refractivity contribution is -0.119. The van der Waals surface area contributed by atoms with E-state index < -0.39 is 11.0 Å². The van der Waals surface area contributed by atoms with Gasteiger partial charge in [-0.1, -0.05) is 0 Å². The van der Waals surface area contributed by atoms with E-state index in [1.807, 2.05) is 37.8 Å². The highest BCUT2D eigenvalue weighted by molar-refractivity contribution is 7.82. The van der Waals surface area contributed by atoms with Crippen LogP contribution < -0.4 is 4.74 Å². The lowest BCUT2D eigenvalue weighted by atomic mass is 10.1. The summed E-state index contributed by atoms with van der Waals surface area (Å²) in [6.45, 7) is 18.6. The number of methoxy groups -OCH3 is 2. The Hall–Kier alpha value is -1.56. The molecule has 1 aromatic rings. The van der Waals surface area contributed by atoms with Crippen molar-refractivity contribution in [3.63, 3.8) is 0 Å². The first-order chi connectivity index (χ1) is 17.9. The Morgan fingerprint density at radius 3 is 1.86 bits per heavy atom. The molecule has 1 aromatic carbocycles. The maximum atomic E-state index is 12.5. The largest absolute Gasteiger partial charge is 0.497 e. The fraction of sp³-hybridized carbons (Fsp3) is 0.741. The number of benzene rings is 1. The van der Waals surface area contributed by atoms with Crippen molar-refractivity contribution in [1.29, 1.82) is 0 Å². The van der Waals surface area contributed by atoms with Gasteiger partial charge in [0.05, 0.1) is 25.2 Å². The zero-order valence-electron chi connectivity index (χ0n) is 23.6. The number of carbonyl (C=O) groups excluding carboxylic acids is 1. The Kier molecular flexibility index (Phi) is 15.3. The van der Waals surface area contributed by atoms with Crippen LogP contribution in [0.15, 0.2) is 17.0 Å². The minimum absolute atomic E-state index is 0.819. The van der Waals surface area contributed by atoms with Crippen molar-refractivity contribution in [3.8, 4) is 5.75 Å². The van der Waals surface area contributed by atoms with Gasteiger partial charge in [-0.2, -0.15) is 0 Å². The van der Waals surface area contributed by atoms with Crippen molar-refractivity contribution in [3.05, 3.63) is 23.3 Å². The lowest BCUT2D eigenvalue weighted by Crippen LogP contribution is -2.48. The molecule has 0 radical (unpaired) electrons. The van der Waals surface area contributed by atoms with Crippen molar-refractivity contribution in [1.82, 2.24) is 19.0 Å². The van der Waals surface area contributed by atoms with E-state index in [0.717, 1.165) is 126 Å². The van der Waals surface area contributed by atoms with Gasteiger partial charge in [0.1, 0.15) is 16.7 Å². The monoisotopic (exact) mass is 540 g/mol. The topological polar surface area (TPSA) is 74.8 Å². The van der Waals surface area contributed by atoms with Crippen LogP contribution in [0.5, 0.6) is 5.75 Å². The maximum Gasteiger partial charge on any atom is 0.209 e. The zero-order valence-corrected chi connectivity index (χ0v) is 24.4. The van der Waals surface area contributed by atoms with Crippen molar-refractivity contribution in [2.45, 2.75) is 38.5 Å². The molecule has 3 aliphatic rings. The molecule has 3 heterocycles. The second kappa shape index (κ2) is 17.9. The summed E-state index contributed by atoms with van der Waals surface area (Å²) in [6, 6.07) is 3.91. The Morgan fingerprint density at radius 2 is 1.41 bits per heavy atom. The highest BCUT2D eigenvalue weighted by Crippen LogP contribution is 2.27. The molecular weight excluding hydrogens is 492 g/mol. The lowest BCUT2D eigenvalue weighted by Gasteiger charge is -2.34. The third kappa shape index (κ3) is 11.0. The normalized spacial score (nSPS) is 19.9. The average molecular weight is 541 g/mol. The molecular formula is C27H48N4O5S. The molecule has 3 fully saturated rings. The number of morpholine rings is 1. The Morgan fingerprint density at radius 1 is 0.892 bits per heavy atom. The van der Waals surface area contributed by atoms with Gasteiger partial charge in [-0.05, 0) is 56.9 Å². The van der Waals surface area contributed by atoms with Crippen LogP contribution in [0.1, 0.15) is 30.9 Å². The minimum Gasteiger partial charge on any atom is -0.497 e. The zero-order chi connectivity index (χ0) is 27.0. The van der Waals surface area contributed by atoms with E-state index in [2.05, 4.69) is 18.8 Å². The molecule has 212 valence electrons. The van der Waals surface area contributed by atoms with E-state index in [4.69, 9.17) is 9.47 Å². The molecule has 4 rings (SSSR count). The van der Waals surface area contributed by atoms with E-state index in [1.54, 1.807) is 14.2 Å². The number of hydrogen-bond acceptors (Lipinski definition) is 7. The van der Waals surface area contributed by atoms with E-state index in [-0.39, 0.29) is 0 Å². The van der Waals surface area contributed by atoms with E-state index in [1.165, 1.54) is 0 Å². The van der Waals surface area contributed by atoms with E-state index in [9.17, 15) is 9.00 Å². The summed E-state index contributed by atoms with van der Waals surface area (Å²) in [5.74, 6) is 0.835. The van der Waals surface area contributed by atoms with Crippen molar-refractivity contribution in [2.24, 2.45) is 0 Å². The van der Waals surface area contributed by atoms with Crippen molar-refractivity contribution >= 4 is 17.4 Å². The van der Waals surface area contributed by atoms with E-state index in [0.29, 0.717) is 0 Å². The number of hydrogen-bond donors (Lipinski definition) is 0. The number of rotatable bonds is 8. The minimum atomic E-state index is -1.01. The number of ether oxygens (including phenoxy) is 3. The molecule has 0 aromatic heterocycles. The van der Waals surface area contributed by atoms with Crippen molar-refractivity contribution < 1.29 is 23.2 Å². The van der Waals surface area contributed by atoms with Gasteiger partial charge in [-0.25, -0.2) is 8.51 Å². The van der Waals surface area contributed by atoms with Crippen LogP contribution >= 0.6 is 0 Å². The fourth-order valence-corrected chi connectivity index (χ4v) is 6.00. The molecule has 0 spiro atoms. The fourth-order valence-electron chi connectivity index (χ4n) is 4.49. The van der Waals surface area contributed by atoms with Crippen LogP contribution in [-0.4, -0.2) is 129 Å². The highest BCUT2D eigenvalue weighted by atomic mass is 32.2. The summed E-state index contributed by atoms with van der Waals surface area (Å²) in [7, 11) is 2.32. The molecule has 10 heteroatoms. The number of carbonyl (C=O) groups is 1. The van der Waals surface area contributed by atoms with Crippen LogP contribution in [0.2, 0.25) is 0 Å². The number of amides is 1. The first kappa shape index (κ1) is 31.7. The third-order valence-corrected chi connectivity index (χ3v) is 8.65. The van der Waals surface area contributed by atoms with Crippen LogP contribution in [0.4, 0.5) is 0 Å². The second-order valence-electron chi connectivity index (χ2n) is 9.49. The van der Waals surface area contributed by atoms with Gasteiger partial charge >= 0.3 is 0 Å². The first-order valence-electron chi connectivity index (χ1n) is 13.5. The van der Waals surface area contributed by atoms with Crippen LogP contribution in [0, 0.1) is 13.8 Å². The molecule has 9 nitrogen and oxygen atoms in total. The molecule has 3 aliphatic heterocycles. The molecule has 0 saturated carbocycles. The van der Waals surface area contributed by atoms with Gasteiger partial charge < -0.3 is 19.1 Å². The summed E-state index contributed by atoms with van der Waals surface area (Å²) >= 11 is 0. The third-order valence-electron chi connectivity index (χ3n) is 6.82. The van der Waals surface area contributed by atoms with E-state index >= 15 is 0 Å². The maximum absolute atomic E-state index is 12.5. The van der Waals surface area contributed by atoms with Gasteiger partial charge in [0, 0.05) is 79.2 Å². The Bertz CT molecular complexity index is 783. The Balaban J connectivity index is 0.000000228. The summed E-state index contributed by atoms with van der Waals surface area (Å²) in [5, 5.41) is 0. The summed E-state index contributed by atoms with van der Waals surface area (Å²) in [6.07, 6.45) is 3.26. The van der Waals surface area contributed by atoms with Gasteiger partial charge in [0.2, 0.25) is 6.41 Å². The first-order valence-corrected chi connectivity index (χ1v) is 14.6. The van der Waals surface area contributed by atoms with Crippen molar-refractivity contribution in [2.75, 3.05) is 99.5 Å². The summed E-state index contributed by atoms with van der Waals surface area (Å²) in [5.41, 5.74) is 2.10. The molecule has 1 atom stereocenters.